The van der Waals surface area contributed by atoms with E-state index in [-0.39, 0.29) is 18.3 Å². The topological polar surface area (TPSA) is 32.3 Å². The van der Waals surface area contributed by atoms with E-state index in [1.807, 2.05) is 35.2 Å². The summed E-state index contributed by atoms with van der Waals surface area (Å²) in [4.78, 5) is 15.2. The van der Waals surface area contributed by atoms with Crippen molar-refractivity contribution in [2.45, 2.75) is 38.1 Å². The number of amides is 1. The van der Waals surface area contributed by atoms with E-state index in [1.54, 1.807) is 0 Å². The summed E-state index contributed by atoms with van der Waals surface area (Å²) in [6.07, 6.45) is 5.01. The predicted molar refractivity (Wildman–Crippen MR) is 112 cm³/mol. The Balaban J connectivity index is 0.00000210. The first-order valence-electron chi connectivity index (χ1n) is 9.93. The predicted octanol–water partition coefficient (Wildman–Crippen LogP) is 4.63. The molecule has 3 nitrogen and oxygen atoms in total. The molecule has 1 saturated carbocycles. The quantitative estimate of drug-likeness (QED) is 0.787. The maximum Gasteiger partial charge on any atom is 0.254 e. The molecule has 1 N–H and O–H groups in total. The minimum absolute atomic E-state index is 0. The smallest absolute Gasteiger partial charge is 0.254 e. The van der Waals surface area contributed by atoms with Gasteiger partial charge in [0, 0.05) is 25.2 Å². The average Bonchev–Trinajstić information content (AvgIpc) is 3.19. The second-order valence-electron chi connectivity index (χ2n) is 7.78. The monoisotopic (exact) mass is 384 g/mol. The lowest BCUT2D eigenvalue weighted by Gasteiger charge is -2.32. The number of halogens is 1. The van der Waals surface area contributed by atoms with Crippen molar-refractivity contribution in [1.29, 1.82) is 0 Å². The van der Waals surface area contributed by atoms with Crippen LogP contribution in [0.4, 0.5) is 0 Å². The van der Waals surface area contributed by atoms with E-state index in [4.69, 9.17) is 0 Å². The molecule has 1 unspecified atom stereocenters. The lowest BCUT2D eigenvalue weighted by Crippen LogP contribution is -2.37. The van der Waals surface area contributed by atoms with Crippen LogP contribution in [0.25, 0.3) is 0 Å². The number of hydrogen-bond acceptors (Lipinski definition) is 2. The molecule has 1 amide bonds. The molecule has 27 heavy (non-hydrogen) atoms. The molecular weight excluding hydrogens is 356 g/mol. The van der Waals surface area contributed by atoms with Gasteiger partial charge in [-0.25, -0.2) is 0 Å². The highest BCUT2D eigenvalue weighted by molar-refractivity contribution is 5.94. The van der Waals surface area contributed by atoms with Gasteiger partial charge in [0.15, 0.2) is 0 Å². The molecule has 2 fully saturated rings. The van der Waals surface area contributed by atoms with Crippen LogP contribution in [0.3, 0.4) is 0 Å². The summed E-state index contributed by atoms with van der Waals surface area (Å²) in [5.74, 6) is 1.43. The van der Waals surface area contributed by atoms with Crippen LogP contribution in [0.2, 0.25) is 0 Å². The number of carbonyl (C=O) groups is 1. The highest BCUT2D eigenvalue weighted by atomic mass is 35.5. The van der Waals surface area contributed by atoms with E-state index in [0.717, 1.165) is 25.2 Å². The van der Waals surface area contributed by atoms with E-state index >= 15 is 0 Å². The number of carbonyl (C=O) groups excluding carboxylic acids is 1. The number of nitrogens with one attached hydrogen (secondary N) is 1. The Morgan fingerprint density at radius 1 is 1.00 bits per heavy atom. The van der Waals surface area contributed by atoms with Gasteiger partial charge in [0.1, 0.15) is 0 Å². The van der Waals surface area contributed by atoms with Crippen LogP contribution in [-0.2, 0) is 6.54 Å². The Labute approximate surface area is 168 Å². The Hall–Kier alpha value is -1.84. The summed E-state index contributed by atoms with van der Waals surface area (Å²) in [7, 11) is 0. The molecule has 1 aliphatic carbocycles. The van der Waals surface area contributed by atoms with Gasteiger partial charge in [0.2, 0.25) is 0 Å². The van der Waals surface area contributed by atoms with Crippen molar-refractivity contribution in [2.75, 3.05) is 19.6 Å². The van der Waals surface area contributed by atoms with E-state index in [1.165, 1.54) is 36.8 Å². The van der Waals surface area contributed by atoms with Crippen molar-refractivity contribution in [2.24, 2.45) is 5.92 Å². The van der Waals surface area contributed by atoms with Crippen LogP contribution in [0.1, 0.15) is 53.1 Å². The third-order valence-electron chi connectivity index (χ3n) is 5.90. The van der Waals surface area contributed by atoms with Crippen molar-refractivity contribution in [3.8, 4) is 0 Å². The highest BCUT2D eigenvalue weighted by Gasteiger charge is 2.25. The molecule has 2 aliphatic rings. The van der Waals surface area contributed by atoms with Gasteiger partial charge in [-0.3, -0.25) is 4.79 Å². The fraction of sp³-hybridized carbons (Fsp3) is 0.435. The van der Waals surface area contributed by atoms with Crippen LogP contribution in [-0.4, -0.2) is 30.4 Å². The van der Waals surface area contributed by atoms with Gasteiger partial charge in [-0.15, -0.1) is 12.4 Å². The molecule has 4 rings (SSSR count). The van der Waals surface area contributed by atoms with Gasteiger partial charge >= 0.3 is 0 Å². The third-order valence-corrected chi connectivity index (χ3v) is 5.90. The van der Waals surface area contributed by atoms with Crippen molar-refractivity contribution < 1.29 is 4.79 Å². The zero-order chi connectivity index (χ0) is 17.8. The van der Waals surface area contributed by atoms with Crippen molar-refractivity contribution in [3.63, 3.8) is 0 Å². The number of rotatable bonds is 6. The molecule has 2 aromatic carbocycles. The second kappa shape index (κ2) is 9.38. The first-order chi connectivity index (χ1) is 12.8. The third kappa shape index (κ3) is 4.91. The van der Waals surface area contributed by atoms with Crippen LogP contribution in [0.15, 0.2) is 54.6 Å². The van der Waals surface area contributed by atoms with Gasteiger partial charge in [0.25, 0.3) is 5.91 Å². The van der Waals surface area contributed by atoms with Crippen molar-refractivity contribution >= 4 is 18.3 Å². The van der Waals surface area contributed by atoms with Gasteiger partial charge in [-0.05, 0) is 60.9 Å². The maximum atomic E-state index is 13.2. The lowest BCUT2D eigenvalue weighted by atomic mass is 9.85. The number of benzene rings is 2. The van der Waals surface area contributed by atoms with Gasteiger partial charge in [-0.2, -0.15) is 0 Å². The zero-order valence-electron chi connectivity index (χ0n) is 15.8. The second-order valence-corrected chi connectivity index (χ2v) is 7.78. The molecule has 0 spiro atoms. The number of hydrogen-bond donors (Lipinski definition) is 1. The molecule has 0 bridgehead atoms. The highest BCUT2D eigenvalue weighted by Crippen LogP contribution is 2.28. The van der Waals surface area contributed by atoms with Crippen LogP contribution in [0, 0.1) is 5.92 Å². The molecule has 0 radical (unpaired) electrons. The molecule has 1 atom stereocenters. The minimum atomic E-state index is 0. The van der Waals surface area contributed by atoms with Crippen molar-refractivity contribution in [1.82, 2.24) is 10.2 Å². The molecule has 1 saturated heterocycles. The SMILES string of the molecule is Cl.O=C(c1ccc(C2CCNC2)cc1)N(Cc1ccccc1)CC1CCC1. The maximum absolute atomic E-state index is 13.2. The Morgan fingerprint density at radius 2 is 1.74 bits per heavy atom. The summed E-state index contributed by atoms with van der Waals surface area (Å²) >= 11 is 0. The molecule has 1 heterocycles. The zero-order valence-corrected chi connectivity index (χ0v) is 16.6. The summed E-state index contributed by atoms with van der Waals surface area (Å²) in [5.41, 5.74) is 3.36. The van der Waals surface area contributed by atoms with Crippen molar-refractivity contribution in [3.05, 3.63) is 71.3 Å². The van der Waals surface area contributed by atoms with Gasteiger partial charge < -0.3 is 10.2 Å². The van der Waals surface area contributed by atoms with E-state index in [0.29, 0.717) is 18.4 Å². The fourth-order valence-electron chi connectivity index (χ4n) is 4.03. The fourth-order valence-corrected chi connectivity index (χ4v) is 4.03. The Kier molecular flexibility index (Phi) is 6.92. The van der Waals surface area contributed by atoms with E-state index in [2.05, 4.69) is 29.6 Å². The summed E-state index contributed by atoms with van der Waals surface area (Å²) < 4.78 is 0. The van der Waals surface area contributed by atoms with E-state index in [9.17, 15) is 4.79 Å². The lowest BCUT2D eigenvalue weighted by molar-refractivity contribution is 0.0679. The summed E-state index contributed by atoms with van der Waals surface area (Å²) in [6, 6.07) is 18.7. The van der Waals surface area contributed by atoms with Crippen LogP contribution in [0.5, 0.6) is 0 Å². The molecule has 4 heteroatoms. The van der Waals surface area contributed by atoms with Gasteiger partial charge in [0.05, 0.1) is 0 Å². The number of nitrogens with zero attached hydrogens (tertiary/aromatic N) is 1. The molecule has 1 aliphatic heterocycles. The summed E-state index contributed by atoms with van der Waals surface area (Å²) in [5, 5.41) is 3.41. The van der Waals surface area contributed by atoms with E-state index < -0.39 is 0 Å². The first kappa shape index (κ1) is 19.9. The Bertz CT molecular complexity index is 722. The largest absolute Gasteiger partial charge is 0.334 e. The molecule has 0 aromatic heterocycles. The van der Waals surface area contributed by atoms with Crippen LogP contribution < -0.4 is 5.32 Å². The Morgan fingerprint density at radius 3 is 2.33 bits per heavy atom. The first-order valence-corrected chi connectivity index (χ1v) is 9.93. The summed E-state index contributed by atoms with van der Waals surface area (Å²) in [6.45, 7) is 3.72. The minimum Gasteiger partial charge on any atom is -0.334 e. The van der Waals surface area contributed by atoms with Crippen LogP contribution >= 0.6 is 12.4 Å². The van der Waals surface area contributed by atoms with Gasteiger partial charge in [-0.1, -0.05) is 48.9 Å². The molecular formula is C23H29ClN2O. The molecule has 2 aromatic rings. The standard InChI is InChI=1S/C23H28N2O.ClH/c26-23(21-11-9-20(10-12-21)22-13-14-24-15-22)25(17-19-7-4-8-19)16-18-5-2-1-3-6-18;/h1-3,5-6,9-12,19,22,24H,4,7-8,13-17H2;1H. The average molecular weight is 385 g/mol. The normalized spacial score (nSPS) is 19.2. The molecule has 144 valence electrons.